The lowest BCUT2D eigenvalue weighted by Gasteiger charge is -2.36. The van der Waals surface area contributed by atoms with E-state index in [2.05, 4.69) is 44.8 Å². The Kier molecular flexibility index (Phi) is 5.12. The Labute approximate surface area is 156 Å². The SMILES string of the molecule is COc1ccccc1C1CNCCN1Cc1cnc(-c2cccs2)s1. The average Bonchev–Trinajstić information content (AvgIpc) is 3.34. The number of piperazine rings is 1. The molecule has 0 spiro atoms. The standard InChI is InChI=1S/C19H21N3OS2/c1-23-17-6-3-2-5-15(17)16-12-20-8-9-22(16)13-14-11-21-19(25-14)18-7-4-10-24-18/h2-7,10-11,16,20H,8-9,12-13H2,1H3. The second-order valence-corrected chi connectivity index (χ2v) is 8.10. The summed E-state index contributed by atoms with van der Waals surface area (Å²) >= 11 is 3.54. The summed E-state index contributed by atoms with van der Waals surface area (Å²) in [5.41, 5.74) is 1.25. The normalized spacial score (nSPS) is 18.4. The van der Waals surface area contributed by atoms with Crippen molar-refractivity contribution < 1.29 is 4.74 Å². The van der Waals surface area contributed by atoms with Crippen molar-refractivity contribution in [3.8, 4) is 15.6 Å². The molecular formula is C19H21N3OS2. The molecule has 1 atom stereocenters. The van der Waals surface area contributed by atoms with Crippen molar-refractivity contribution in [1.29, 1.82) is 0 Å². The number of nitrogens with zero attached hydrogens (tertiary/aromatic N) is 2. The van der Waals surface area contributed by atoms with Crippen LogP contribution in [0.1, 0.15) is 16.5 Å². The highest BCUT2D eigenvalue weighted by Gasteiger charge is 2.26. The summed E-state index contributed by atoms with van der Waals surface area (Å²) in [5, 5.41) is 6.74. The summed E-state index contributed by atoms with van der Waals surface area (Å²) in [4.78, 5) is 9.70. The summed E-state index contributed by atoms with van der Waals surface area (Å²) < 4.78 is 5.59. The number of methoxy groups -OCH3 is 1. The smallest absolute Gasteiger partial charge is 0.133 e. The van der Waals surface area contributed by atoms with Crippen LogP contribution in [0.2, 0.25) is 0 Å². The molecule has 1 unspecified atom stereocenters. The molecule has 6 heteroatoms. The molecule has 1 saturated heterocycles. The second-order valence-electron chi connectivity index (χ2n) is 6.04. The minimum Gasteiger partial charge on any atom is -0.496 e. The molecule has 1 aliphatic heterocycles. The molecule has 3 heterocycles. The van der Waals surface area contributed by atoms with Crippen molar-refractivity contribution in [2.45, 2.75) is 12.6 Å². The number of aromatic nitrogens is 1. The van der Waals surface area contributed by atoms with Crippen molar-refractivity contribution in [2.24, 2.45) is 0 Å². The van der Waals surface area contributed by atoms with E-state index < -0.39 is 0 Å². The van der Waals surface area contributed by atoms with Gasteiger partial charge in [0.05, 0.1) is 18.0 Å². The van der Waals surface area contributed by atoms with Crippen molar-refractivity contribution in [2.75, 3.05) is 26.7 Å². The molecule has 3 aromatic rings. The quantitative estimate of drug-likeness (QED) is 0.735. The maximum Gasteiger partial charge on any atom is 0.133 e. The highest BCUT2D eigenvalue weighted by Crippen LogP contribution is 2.33. The summed E-state index contributed by atoms with van der Waals surface area (Å²) in [6.45, 7) is 3.90. The third-order valence-corrected chi connectivity index (χ3v) is 6.52. The first kappa shape index (κ1) is 16.7. The van der Waals surface area contributed by atoms with E-state index in [-0.39, 0.29) is 0 Å². The predicted octanol–water partition coefficient (Wildman–Crippen LogP) is 4.03. The first-order chi connectivity index (χ1) is 12.3. The highest BCUT2D eigenvalue weighted by atomic mass is 32.1. The molecule has 0 saturated carbocycles. The van der Waals surface area contributed by atoms with Gasteiger partial charge < -0.3 is 10.1 Å². The van der Waals surface area contributed by atoms with Crippen LogP contribution in [0.15, 0.2) is 48.0 Å². The van der Waals surface area contributed by atoms with Crippen molar-refractivity contribution in [3.63, 3.8) is 0 Å². The van der Waals surface area contributed by atoms with Crippen LogP contribution in [0.3, 0.4) is 0 Å². The Morgan fingerprint density at radius 1 is 1.28 bits per heavy atom. The van der Waals surface area contributed by atoms with Gasteiger partial charge in [0.2, 0.25) is 0 Å². The van der Waals surface area contributed by atoms with Crippen LogP contribution in [0.5, 0.6) is 5.75 Å². The summed E-state index contributed by atoms with van der Waals surface area (Å²) in [6.07, 6.45) is 2.03. The number of hydrogen-bond donors (Lipinski definition) is 1. The third-order valence-electron chi connectivity index (χ3n) is 4.50. The van der Waals surface area contributed by atoms with E-state index in [0.717, 1.165) is 36.9 Å². The lowest BCUT2D eigenvalue weighted by Crippen LogP contribution is -2.45. The number of thiophene rings is 1. The number of hydrogen-bond acceptors (Lipinski definition) is 6. The van der Waals surface area contributed by atoms with Gasteiger partial charge in [0.15, 0.2) is 0 Å². The van der Waals surface area contributed by atoms with Crippen LogP contribution < -0.4 is 10.1 Å². The number of ether oxygens (including phenoxy) is 1. The first-order valence-electron chi connectivity index (χ1n) is 8.41. The zero-order valence-corrected chi connectivity index (χ0v) is 15.8. The molecule has 4 nitrogen and oxygen atoms in total. The third kappa shape index (κ3) is 3.62. The molecule has 25 heavy (non-hydrogen) atoms. The molecule has 130 valence electrons. The Morgan fingerprint density at radius 3 is 3.04 bits per heavy atom. The maximum atomic E-state index is 5.59. The Bertz CT molecular complexity index is 816. The average molecular weight is 372 g/mol. The first-order valence-corrected chi connectivity index (χ1v) is 10.1. The lowest BCUT2D eigenvalue weighted by atomic mass is 10.0. The summed E-state index contributed by atoms with van der Waals surface area (Å²) in [5.74, 6) is 0.963. The molecule has 0 radical (unpaired) electrons. The number of benzene rings is 1. The molecule has 1 fully saturated rings. The largest absolute Gasteiger partial charge is 0.496 e. The fourth-order valence-corrected chi connectivity index (χ4v) is 5.02. The number of para-hydroxylation sites is 1. The number of rotatable bonds is 5. The van der Waals surface area contributed by atoms with Crippen molar-refractivity contribution >= 4 is 22.7 Å². The van der Waals surface area contributed by atoms with E-state index in [1.165, 1.54) is 15.3 Å². The van der Waals surface area contributed by atoms with Gasteiger partial charge in [-0.3, -0.25) is 4.90 Å². The minimum atomic E-state index is 0.317. The van der Waals surface area contributed by atoms with E-state index >= 15 is 0 Å². The van der Waals surface area contributed by atoms with Gasteiger partial charge in [-0.05, 0) is 17.5 Å². The van der Waals surface area contributed by atoms with Crippen LogP contribution in [-0.2, 0) is 6.54 Å². The second kappa shape index (κ2) is 7.66. The molecule has 1 aromatic carbocycles. The maximum absolute atomic E-state index is 5.59. The van der Waals surface area contributed by atoms with Crippen molar-refractivity contribution in [3.05, 3.63) is 58.4 Å². The van der Waals surface area contributed by atoms with Gasteiger partial charge in [0, 0.05) is 42.8 Å². The van der Waals surface area contributed by atoms with Gasteiger partial charge in [0.1, 0.15) is 10.8 Å². The fourth-order valence-electron chi connectivity index (χ4n) is 3.28. The van der Waals surface area contributed by atoms with Gasteiger partial charge in [-0.2, -0.15) is 0 Å². The zero-order valence-electron chi connectivity index (χ0n) is 14.1. The molecule has 4 rings (SSSR count). The van der Waals surface area contributed by atoms with E-state index in [0.29, 0.717) is 6.04 Å². The van der Waals surface area contributed by atoms with Gasteiger partial charge in [-0.1, -0.05) is 24.3 Å². The van der Waals surface area contributed by atoms with E-state index in [1.807, 2.05) is 18.3 Å². The number of nitrogens with one attached hydrogen (secondary N) is 1. The van der Waals surface area contributed by atoms with Crippen LogP contribution in [0, 0.1) is 0 Å². The van der Waals surface area contributed by atoms with E-state index in [4.69, 9.17) is 4.74 Å². The van der Waals surface area contributed by atoms with Crippen LogP contribution in [0.4, 0.5) is 0 Å². The van der Waals surface area contributed by atoms with Gasteiger partial charge in [-0.25, -0.2) is 4.98 Å². The minimum absolute atomic E-state index is 0.317. The van der Waals surface area contributed by atoms with Crippen molar-refractivity contribution in [1.82, 2.24) is 15.2 Å². The summed E-state index contributed by atoms with van der Waals surface area (Å²) in [6, 6.07) is 12.9. The molecule has 0 amide bonds. The molecule has 1 N–H and O–H groups in total. The van der Waals surface area contributed by atoms with Crippen LogP contribution in [-0.4, -0.2) is 36.6 Å². The summed E-state index contributed by atoms with van der Waals surface area (Å²) in [7, 11) is 1.75. The highest BCUT2D eigenvalue weighted by molar-refractivity contribution is 7.20. The van der Waals surface area contributed by atoms with Crippen LogP contribution >= 0.6 is 22.7 Å². The van der Waals surface area contributed by atoms with Gasteiger partial charge >= 0.3 is 0 Å². The topological polar surface area (TPSA) is 37.4 Å². The molecule has 0 bridgehead atoms. The number of thiazole rings is 1. The van der Waals surface area contributed by atoms with Gasteiger partial charge in [0.25, 0.3) is 0 Å². The fraction of sp³-hybridized carbons (Fsp3) is 0.316. The zero-order chi connectivity index (χ0) is 17.1. The predicted molar refractivity (Wildman–Crippen MR) is 104 cm³/mol. The molecule has 0 aliphatic carbocycles. The van der Waals surface area contributed by atoms with E-state index in [9.17, 15) is 0 Å². The molecular weight excluding hydrogens is 350 g/mol. The van der Waals surface area contributed by atoms with Gasteiger partial charge in [-0.15, -0.1) is 22.7 Å². The Morgan fingerprint density at radius 2 is 2.20 bits per heavy atom. The van der Waals surface area contributed by atoms with E-state index in [1.54, 1.807) is 29.8 Å². The lowest BCUT2D eigenvalue weighted by molar-refractivity contribution is 0.152. The molecule has 1 aliphatic rings. The molecule has 2 aromatic heterocycles. The Balaban J connectivity index is 1.55. The monoisotopic (exact) mass is 371 g/mol. The Hall–Kier alpha value is -1.73. The van der Waals surface area contributed by atoms with Crippen LogP contribution in [0.25, 0.3) is 9.88 Å².